The highest BCUT2D eigenvalue weighted by Crippen LogP contribution is 2.34. The van der Waals surface area contributed by atoms with E-state index in [1.54, 1.807) is 0 Å². The lowest BCUT2D eigenvalue weighted by atomic mass is 10.00. The summed E-state index contributed by atoms with van der Waals surface area (Å²) in [4.78, 5) is 1.37. The van der Waals surface area contributed by atoms with Gasteiger partial charge in [0.15, 0.2) is 0 Å². The summed E-state index contributed by atoms with van der Waals surface area (Å²) in [5, 5.41) is 3.60. The maximum atomic E-state index is 3.63. The average Bonchev–Trinajstić information content (AvgIpc) is 2.65. The second-order valence-electron chi connectivity index (χ2n) is 5.02. The molecule has 0 amide bonds. The molecule has 1 atom stereocenters. The zero-order chi connectivity index (χ0) is 14.0. The van der Waals surface area contributed by atoms with Gasteiger partial charge in [0.2, 0.25) is 0 Å². The van der Waals surface area contributed by atoms with Crippen LogP contribution in [-0.2, 0) is 0 Å². The summed E-state index contributed by atoms with van der Waals surface area (Å²) in [5.41, 5.74) is 5.32. The van der Waals surface area contributed by atoms with E-state index in [4.69, 9.17) is 0 Å². The minimum atomic E-state index is 0.290. The predicted molar refractivity (Wildman–Crippen MR) is 88.2 cm³/mol. The van der Waals surface area contributed by atoms with Crippen molar-refractivity contribution in [1.29, 1.82) is 0 Å². The molecule has 2 aromatic rings. The van der Waals surface area contributed by atoms with E-state index in [0.29, 0.717) is 6.04 Å². The normalized spacial score (nSPS) is 12.7. The van der Waals surface area contributed by atoms with Crippen LogP contribution in [0.15, 0.2) is 28.1 Å². The third-order valence-corrected chi connectivity index (χ3v) is 5.35. The number of rotatable bonds is 4. The number of halogens is 1. The number of hydrogen-bond donors (Lipinski definition) is 1. The highest BCUT2D eigenvalue weighted by atomic mass is 79.9. The number of hydrogen-bond acceptors (Lipinski definition) is 2. The Morgan fingerprint density at radius 1 is 1.11 bits per heavy atom. The van der Waals surface area contributed by atoms with Gasteiger partial charge in [-0.3, -0.25) is 0 Å². The van der Waals surface area contributed by atoms with Crippen molar-refractivity contribution in [3.05, 3.63) is 55.2 Å². The van der Waals surface area contributed by atoms with Crippen molar-refractivity contribution in [3.8, 4) is 0 Å². The van der Waals surface area contributed by atoms with E-state index in [9.17, 15) is 0 Å². The third-order valence-electron chi connectivity index (χ3n) is 3.15. The van der Waals surface area contributed by atoms with Crippen molar-refractivity contribution in [1.82, 2.24) is 5.32 Å². The van der Waals surface area contributed by atoms with E-state index in [2.05, 4.69) is 73.2 Å². The summed E-state index contributed by atoms with van der Waals surface area (Å²) in [6.07, 6.45) is 0. The third kappa shape index (κ3) is 3.47. The first-order valence-electron chi connectivity index (χ1n) is 6.58. The molecule has 19 heavy (non-hydrogen) atoms. The molecule has 0 saturated heterocycles. The summed E-state index contributed by atoms with van der Waals surface area (Å²) in [7, 11) is 0. The van der Waals surface area contributed by atoms with E-state index in [1.807, 2.05) is 11.3 Å². The Kier molecular flexibility index (Phi) is 4.82. The highest BCUT2D eigenvalue weighted by molar-refractivity contribution is 9.11. The van der Waals surface area contributed by atoms with Crippen molar-refractivity contribution < 1.29 is 0 Å². The fraction of sp³-hybridized carbons (Fsp3) is 0.375. The van der Waals surface area contributed by atoms with Gasteiger partial charge in [-0.25, -0.2) is 0 Å². The molecule has 0 bridgehead atoms. The smallest absolute Gasteiger partial charge is 0.0731 e. The van der Waals surface area contributed by atoms with Crippen LogP contribution in [0.4, 0.5) is 0 Å². The van der Waals surface area contributed by atoms with E-state index in [-0.39, 0.29) is 0 Å². The quantitative estimate of drug-likeness (QED) is 0.814. The summed E-state index contributed by atoms with van der Waals surface area (Å²) >= 11 is 5.45. The van der Waals surface area contributed by atoms with Crippen LogP contribution in [0.3, 0.4) is 0 Å². The Balaban J connectivity index is 2.44. The molecule has 2 rings (SSSR count). The standard InChI is InChI=1S/C16H20BrNS/c1-5-18-15(14-9-12(4)16(17)19-14)13-7-10(2)6-11(3)8-13/h6-9,15,18H,5H2,1-4H3. The van der Waals surface area contributed by atoms with E-state index < -0.39 is 0 Å². The van der Waals surface area contributed by atoms with E-state index in [1.165, 1.54) is 30.9 Å². The zero-order valence-electron chi connectivity index (χ0n) is 11.9. The average molecular weight is 338 g/mol. The summed E-state index contributed by atoms with van der Waals surface area (Å²) in [6.45, 7) is 9.59. The Hall–Kier alpha value is -0.640. The van der Waals surface area contributed by atoms with Crippen LogP contribution < -0.4 is 5.32 Å². The summed E-state index contributed by atoms with van der Waals surface area (Å²) in [5.74, 6) is 0. The van der Waals surface area contributed by atoms with Crippen LogP contribution >= 0.6 is 27.3 Å². The molecule has 1 aromatic carbocycles. The Labute approximate surface area is 128 Å². The minimum absolute atomic E-state index is 0.290. The first-order valence-corrected chi connectivity index (χ1v) is 8.19. The molecule has 1 unspecified atom stereocenters. The van der Waals surface area contributed by atoms with E-state index >= 15 is 0 Å². The highest BCUT2D eigenvalue weighted by Gasteiger charge is 2.17. The van der Waals surface area contributed by atoms with Gasteiger partial charge in [-0.1, -0.05) is 36.2 Å². The fourth-order valence-electron chi connectivity index (χ4n) is 2.39. The van der Waals surface area contributed by atoms with Crippen molar-refractivity contribution in [2.24, 2.45) is 0 Å². The zero-order valence-corrected chi connectivity index (χ0v) is 14.3. The molecular formula is C16H20BrNS. The van der Waals surface area contributed by atoms with Crippen molar-refractivity contribution in [2.45, 2.75) is 33.7 Å². The van der Waals surface area contributed by atoms with Crippen molar-refractivity contribution >= 4 is 27.3 Å². The number of benzene rings is 1. The van der Waals surface area contributed by atoms with Gasteiger partial charge in [-0.2, -0.15) is 0 Å². The Bertz CT molecular complexity index is 534. The number of aryl methyl sites for hydroxylation is 3. The molecule has 3 heteroatoms. The molecule has 0 saturated carbocycles. The first kappa shape index (κ1) is 14.8. The lowest BCUT2D eigenvalue weighted by Crippen LogP contribution is -2.21. The fourth-order valence-corrected chi connectivity index (χ4v) is 4.06. The Morgan fingerprint density at radius 3 is 2.21 bits per heavy atom. The maximum Gasteiger partial charge on any atom is 0.0731 e. The van der Waals surface area contributed by atoms with Gasteiger partial charge in [0.25, 0.3) is 0 Å². The van der Waals surface area contributed by atoms with Crippen LogP contribution in [0.2, 0.25) is 0 Å². The van der Waals surface area contributed by atoms with Gasteiger partial charge in [0, 0.05) is 4.88 Å². The van der Waals surface area contributed by atoms with Gasteiger partial charge in [-0.05, 0) is 60.4 Å². The van der Waals surface area contributed by atoms with Crippen molar-refractivity contribution in [3.63, 3.8) is 0 Å². The SMILES string of the molecule is CCNC(c1cc(C)cc(C)c1)c1cc(C)c(Br)s1. The van der Waals surface area contributed by atoms with Crippen LogP contribution in [0.5, 0.6) is 0 Å². The van der Waals surface area contributed by atoms with Gasteiger partial charge < -0.3 is 5.32 Å². The largest absolute Gasteiger partial charge is 0.306 e. The van der Waals surface area contributed by atoms with Gasteiger partial charge in [0.1, 0.15) is 0 Å². The minimum Gasteiger partial charge on any atom is -0.306 e. The van der Waals surface area contributed by atoms with Crippen LogP contribution in [0.1, 0.15) is 40.1 Å². The predicted octanol–water partition coefficient (Wildman–Crippen LogP) is 5.13. The Morgan fingerprint density at radius 2 is 1.74 bits per heavy atom. The topological polar surface area (TPSA) is 12.0 Å². The molecule has 1 nitrogen and oxygen atoms in total. The molecule has 0 spiro atoms. The lowest BCUT2D eigenvalue weighted by Gasteiger charge is -2.18. The number of thiophene rings is 1. The molecule has 102 valence electrons. The molecular weight excluding hydrogens is 318 g/mol. The first-order chi connectivity index (χ1) is 9.01. The second kappa shape index (κ2) is 6.21. The molecule has 0 fully saturated rings. The lowest BCUT2D eigenvalue weighted by molar-refractivity contribution is 0.638. The van der Waals surface area contributed by atoms with Gasteiger partial charge in [-0.15, -0.1) is 11.3 Å². The maximum absolute atomic E-state index is 3.63. The van der Waals surface area contributed by atoms with E-state index in [0.717, 1.165) is 6.54 Å². The van der Waals surface area contributed by atoms with Crippen LogP contribution in [0, 0.1) is 20.8 Å². The second-order valence-corrected chi connectivity index (χ2v) is 7.42. The monoisotopic (exact) mass is 337 g/mol. The number of nitrogens with one attached hydrogen (secondary N) is 1. The molecule has 0 aliphatic carbocycles. The molecule has 1 aromatic heterocycles. The van der Waals surface area contributed by atoms with Crippen LogP contribution in [0.25, 0.3) is 0 Å². The summed E-state index contributed by atoms with van der Waals surface area (Å²) < 4.78 is 1.23. The summed E-state index contributed by atoms with van der Waals surface area (Å²) in [6, 6.07) is 9.35. The molecule has 0 radical (unpaired) electrons. The van der Waals surface area contributed by atoms with Gasteiger partial charge >= 0.3 is 0 Å². The van der Waals surface area contributed by atoms with Crippen LogP contribution in [-0.4, -0.2) is 6.54 Å². The van der Waals surface area contributed by atoms with Gasteiger partial charge in [0.05, 0.1) is 9.83 Å². The van der Waals surface area contributed by atoms with Crippen molar-refractivity contribution in [2.75, 3.05) is 6.54 Å². The molecule has 1 N–H and O–H groups in total. The molecule has 0 aliphatic heterocycles. The molecule has 1 heterocycles. The molecule has 0 aliphatic rings.